The molecule has 5 nitrogen and oxygen atoms in total. The van der Waals surface area contributed by atoms with Crippen LogP contribution in [0.1, 0.15) is 27.5 Å². The maximum atomic E-state index is 12.8. The van der Waals surface area contributed by atoms with Gasteiger partial charge in [-0.3, -0.25) is 9.59 Å². The van der Waals surface area contributed by atoms with E-state index in [0.29, 0.717) is 5.56 Å². The van der Waals surface area contributed by atoms with Gasteiger partial charge in [-0.05, 0) is 17.7 Å². The Morgan fingerprint density at radius 3 is 2.71 bits per heavy atom. The Morgan fingerprint density at radius 2 is 1.88 bits per heavy atom. The fourth-order valence-corrected chi connectivity index (χ4v) is 3.39. The maximum Gasteiger partial charge on any atom is 0.325 e. The van der Waals surface area contributed by atoms with Crippen LogP contribution < -0.4 is 0 Å². The molecule has 5 heteroatoms. The number of amides is 1. The van der Waals surface area contributed by atoms with E-state index in [2.05, 4.69) is 4.98 Å². The molecule has 0 spiro atoms. The van der Waals surface area contributed by atoms with Crippen LogP contribution in [0.15, 0.2) is 54.7 Å². The number of para-hydroxylation sites is 1. The van der Waals surface area contributed by atoms with Crippen LogP contribution in [0.3, 0.4) is 0 Å². The second kappa shape index (κ2) is 5.53. The summed E-state index contributed by atoms with van der Waals surface area (Å²) in [6.45, 7) is -0.0752. The zero-order valence-electron chi connectivity index (χ0n) is 13.2. The summed E-state index contributed by atoms with van der Waals surface area (Å²) in [6, 6.07) is 15.1. The molecule has 0 radical (unpaired) electrons. The number of carbonyl (C=O) groups is 2. The summed E-state index contributed by atoms with van der Waals surface area (Å²) < 4.78 is 4.77. The van der Waals surface area contributed by atoms with Gasteiger partial charge in [-0.1, -0.05) is 36.4 Å². The number of ether oxygens (including phenoxy) is 1. The Bertz CT molecular complexity index is 944. The molecule has 0 unspecified atom stereocenters. The number of H-pyrrole nitrogens is 1. The van der Waals surface area contributed by atoms with E-state index in [1.807, 2.05) is 48.7 Å². The highest BCUT2D eigenvalue weighted by Crippen LogP contribution is 2.40. The van der Waals surface area contributed by atoms with Crippen molar-refractivity contribution >= 4 is 22.8 Å². The lowest BCUT2D eigenvalue weighted by molar-refractivity contribution is -0.141. The number of nitrogens with zero attached hydrogens (tertiary/aromatic N) is 1. The summed E-state index contributed by atoms with van der Waals surface area (Å²) in [5.41, 5.74) is 3.53. The molecular weight excluding hydrogens is 304 g/mol. The predicted octanol–water partition coefficient (Wildman–Crippen LogP) is 2.89. The van der Waals surface area contributed by atoms with Crippen LogP contribution in [-0.4, -0.2) is 35.4 Å². The molecule has 0 saturated carbocycles. The second-order valence-corrected chi connectivity index (χ2v) is 5.79. The Kier molecular flexibility index (Phi) is 3.34. The molecule has 1 N–H and O–H groups in total. The van der Waals surface area contributed by atoms with Gasteiger partial charge in [0, 0.05) is 28.2 Å². The minimum absolute atomic E-state index is 0.0752. The van der Waals surface area contributed by atoms with Crippen molar-refractivity contribution in [2.24, 2.45) is 0 Å². The van der Waals surface area contributed by atoms with E-state index in [-0.39, 0.29) is 18.5 Å². The first-order chi connectivity index (χ1) is 11.7. The van der Waals surface area contributed by atoms with E-state index >= 15 is 0 Å². The van der Waals surface area contributed by atoms with Gasteiger partial charge in [0.2, 0.25) is 0 Å². The largest absolute Gasteiger partial charge is 0.468 e. The predicted molar refractivity (Wildman–Crippen MR) is 89.6 cm³/mol. The van der Waals surface area contributed by atoms with Crippen molar-refractivity contribution in [1.29, 1.82) is 0 Å². The van der Waals surface area contributed by atoms with Crippen LogP contribution in [0.2, 0.25) is 0 Å². The minimum atomic E-state index is -0.430. The van der Waals surface area contributed by atoms with Gasteiger partial charge in [-0.2, -0.15) is 0 Å². The summed E-state index contributed by atoms with van der Waals surface area (Å²) >= 11 is 0. The first-order valence-corrected chi connectivity index (χ1v) is 7.73. The van der Waals surface area contributed by atoms with E-state index in [0.717, 1.165) is 22.0 Å². The number of hydrogen-bond acceptors (Lipinski definition) is 3. The van der Waals surface area contributed by atoms with Crippen molar-refractivity contribution in [3.63, 3.8) is 0 Å². The van der Waals surface area contributed by atoms with E-state index in [9.17, 15) is 9.59 Å². The molecule has 0 saturated heterocycles. The van der Waals surface area contributed by atoms with E-state index in [4.69, 9.17) is 4.74 Å². The molecule has 3 aromatic rings. The van der Waals surface area contributed by atoms with Crippen molar-refractivity contribution in [1.82, 2.24) is 9.88 Å². The Balaban J connectivity index is 1.89. The SMILES string of the molecule is COC(=O)CN1C(=O)c2ccccc2[C@H]1c1c[nH]c2ccccc12. The average Bonchev–Trinajstić information content (AvgIpc) is 3.15. The van der Waals surface area contributed by atoms with Gasteiger partial charge in [0.05, 0.1) is 13.2 Å². The molecule has 1 aromatic heterocycles. The zero-order valence-corrected chi connectivity index (χ0v) is 13.2. The topological polar surface area (TPSA) is 62.4 Å². The molecule has 1 aliphatic rings. The van der Waals surface area contributed by atoms with Crippen LogP contribution in [0.4, 0.5) is 0 Å². The molecule has 0 aliphatic carbocycles. The van der Waals surface area contributed by atoms with Crippen LogP contribution in [0.5, 0.6) is 0 Å². The molecule has 1 aliphatic heterocycles. The number of methoxy groups -OCH3 is 1. The van der Waals surface area contributed by atoms with Gasteiger partial charge in [0.25, 0.3) is 5.91 Å². The van der Waals surface area contributed by atoms with Crippen molar-refractivity contribution < 1.29 is 14.3 Å². The molecule has 0 fully saturated rings. The highest BCUT2D eigenvalue weighted by Gasteiger charge is 2.39. The number of benzene rings is 2. The highest BCUT2D eigenvalue weighted by molar-refractivity contribution is 6.02. The number of fused-ring (bicyclic) bond motifs is 2. The lowest BCUT2D eigenvalue weighted by Crippen LogP contribution is -2.34. The van der Waals surface area contributed by atoms with E-state index < -0.39 is 5.97 Å². The first-order valence-electron chi connectivity index (χ1n) is 7.73. The summed E-state index contributed by atoms with van der Waals surface area (Å²) in [4.78, 5) is 29.4. The van der Waals surface area contributed by atoms with Gasteiger partial charge >= 0.3 is 5.97 Å². The number of hydrogen-bond donors (Lipinski definition) is 1. The van der Waals surface area contributed by atoms with Crippen LogP contribution in [0.25, 0.3) is 10.9 Å². The number of esters is 1. The molecular formula is C19H16N2O3. The fraction of sp³-hybridized carbons (Fsp3) is 0.158. The molecule has 1 atom stereocenters. The van der Waals surface area contributed by atoms with E-state index in [1.54, 1.807) is 11.0 Å². The van der Waals surface area contributed by atoms with Crippen molar-refractivity contribution in [3.8, 4) is 0 Å². The molecule has 4 rings (SSSR count). The average molecular weight is 320 g/mol. The molecule has 2 heterocycles. The fourth-order valence-electron chi connectivity index (χ4n) is 3.39. The zero-order chi connectivity index (χ0) is 16.7. The van der Waals surface area contributed by atoms with Gasteiger partial charge in [-0.25, -0.2) is 0 Å². The van der Waals surface area contributed by atoms with Crippen molar-refractivity contribution in [3.05, 3.63) is 71.4 Å². The molecule has 24 heavy (non-hydrogen) atoms. The standard InChI is InChI=1S/C19H16N2O3/c1-24-17(22)11-21-18(13-7-2-3-8-14(13)19(21)23)15-10-20-16-9-5-4-6-12(15)16/h2-10,18,20H,11H2,1H3/t18-/m0/s1. The van der Waals surface area contributed by atoms with Gasteiger partial charge in [0.15, 0.2) is 0 Å². The molecule has 2 aromatic carbocycles. The summed E-state index contributed by atoms with van der Waals surface area (Å²) in [7, 11) is 1.33. The molecule has 0 bridgehead atoms. The Hall–Kier alpha value is -3.08. The molecule has 120 valence electrons. The highest BCUT2D eigenvalue weighted by atomic mass is 16.5. The Morgan fingerprint density at radius 1 is 1.12 bits per heavy atom. The first kappa shape index (κ1) is 14.5. The van der Waals surface area contributed by atoms with Crippen LogP contribution in [0, 0.1) is 0 Å². The normalized spacial score (nSPS) is 16.5. The lowest BCUT2D eigenvalue weighted by Gasteiger charge is -2.24. The smallest absolute Gasteiger partial charge is 0.325 e. The minimum Gasteiger partial charge on any atom is -0.468 e. The molecule has 1 amide bonds. The summed E-state index contributed by atoms with van der Waals surface area (Å²) in [6.07, 6.45) is 1.91. The third-order valence-corrected chi connectivity index (χ3v) is 4.50. The maximum absolute atomic E-state index is 12.8. The summed E-state index contributed by atoms with van der Waals surface area (Å²) in [5.74, 6) is -0.577. The van der Waals surface area contributed by atoms with Gasteiger partial charge < -0.3 is 14.6 Å². The van der Waals surface area contributed by atoms with E-state index in [1.165, 1.54) is 7.11 Å². The van der Waals surface area contributed by atoms with Crippen LogP contribution in [-0.2, 0) is 9.53 Å². The van der Waals surface area contributed by atoms with Gasteiger partial charge in [0.1, 0.15) is 6.54 Å². The number of aromatic nitrogens is 1. The summed E-state index contributed by atoms with van der Waals surface area (Å²) in [5, 5.41) is 1.04. The third-order valence-electron chi connectivity index (χ3n) is 4.50. The second-order valence-electron chi connectivity index (χ2n) is 5.79. The van der Waals surface area contributed by atoms with Crippen LogP contribution >= 0.6 is 0 Å². The lowest BCUT2D eigenvalue weighted by atomic mass is 9.97. The number of rotatable bonds is 3. The third kappa shape index (κ3) is 2.09. The quantitative estimate of drug-likeness (QED) is 0.755. The number of carbonyl (C=O) groups excluding carboxylic acids is 2. The van der Waals surface area contributed by atoms with Crippen molar-refractivity contribution in [2.75, 3.05) is 13.7 Å². The monoisotopic (exact) mass is 320 g/mol. The van der Waals surface area contributed by atoms with Crippen molar-refractivity contribution in [2.45, 2.75) is 6.04 Å². The Labute approximate surface area is 138 Å². The van der Waals surface area contributed by atoms with Gasteiger partial charge in [-0.15, -0.1) is 0 Å². The number of aromatic amines is 1. The number of nitrogens with one attached hydrogen (secondary N) is 1.